The molecule has 0 radical (unpaired) electrons. The molecule has 0 spiro atoms. The molecule has 0 saturated heterocycles. The number of thiocarbonyl (C=S) groups is 1. The highest BCUT2D eigenvalue weighted by atomic mass is 35.5. The summed E-state index contributed by atoms with van der Waals surface area (Å²) in [6.07, 6.45) is 1.40. The smallest absolute Gasteiger partial charge is 0.291 e. The minimum absolute atomic E-state index is 0.0430. The van der Waals surface area contributed by atoms with Crippen LogP contribution in [-0.2, 0) is 0 Å². The van der Waals surface area contributed by atoms with E-state index in [9.17, 15) is 9.59 Å². The molecule has 0 saturated carbocycles. The van der Waals surface area contributed by atoms with Gasteiger partial charge in [0.15, 0.2) is 10.9 Å². The van der Waals surface area contributed by atoms with Crippen LogP contribution < -0.4 is 25.4 Å². The third kappa shape index (κ3) is 5.33. The van der Waals surface area contributed by atoms with Gasteiger partial charge >= 0.3 is 0 Å². The van der Waals surface area contributed by atoms with Crippen molar-refractivity contribution in [1.29, 1.82) is 0 Å². The monoisotopic (exact) mass is 459 g/mol. The van der Waals surface area contributed by atoms with E-state index in [1.807, 2.05) is 0 Å². The van der Waals surface area contributed by atoms with Gasteiger partial charge in [0.25, 0.3) is 11.8 Å². The Balaban J connectivity index is 1.66. The largest absolute Gasteiger partial charge is 0.496 e. The summed E-state index contributed by atoms with van der Waals surface area (Å²) in [5.74, 6) is -0.0750. The topological polar surface area (TPSA) is 102 Å². The van der Waals surface area contributed by atoms with Crippen molar-refractivity contribution in [2.45, 2.75) is 0 Å². The summed E-state index contributed by atoms with van der Waals surface area (Å²) in [7, 11) is 2.91. The lowest BCUT2D eigenvalue weighted by Gasteiger charge is -2.14. The third-order valence-corrected chi connectivity index (χ3v) is 4.62. The number of halogens is 1. The molecule has 31 heavy (non-hydrogen) atoms. The quantitative estimate of drug-likeness (QED) is 0.471. The summed E-state index contributed by atoms with van der Waals surface area (Å²) in [6.45, 7) is 0. The molecule has 0 fully saturated rings. The van der Waals surface area contributed by atoms with Gasteiger partial charge in [0.05, 0.1) is 31.2 Å². The fourth-order valence-electron chi connectivity index (χ4n) is 2.69. The Hall–Kier alpha value is -3.56. The first-order chi connectivity index (χ1) is 14.9. The van der Waals surface area contributed by atoms with Gasteiger partial charge in [0, 0.05) is 5.69 Å². The molecule has 0 aliphatic carbocycles. The number of furan rings is 1. The number of carbonyl (C=O) groups is 2. The zero-order valence-electron chi connectivity index (χ0n) is 16.5. The second kappa shape index (κ2) is 9.96. The van der Waals surface area contributed by atoms with Gasteiger partial charge in [-0.05, 0) is 54.7 Å². The molecule has 2 amide bonds. The number of ether oxygens (including phenoxy) is 2. The maximum Gasteiger partial charge on any atom is 0.291 e. The van der Waals surface area contributed by atoms with Crippen molar-refractivity contribution < 1.29 is 23.5 Å². The van der Waals surface area contributed by atoms with Gasteiger partial charge in [0.2, 0.25) is 0 Å². The van der Waals surface area contributed by atoms with E-state index < -0.39 is 11.8 Å². The predicted molar refractivity (Wildman–Crippen MR) is 121 cm³/mol. The van der Waals surface area contributed by atoms with Crippen LogP contribution in [0.4, 0.5) is 11.4 Å². The van der Waals surface area contributed by atoms with Crippen molar-refractivity contribution in [3.05, 3.63) is 71.1 Å². The number of anilines is 2. The van der Waals surface area contributed by atoms with Crippen molar-refractivity contribution in [2.24, 2.45) is 0 Å². The number of carbonyl (C=O) groups excluding carboxylic acids is 2. The SMILES string of the molecule is COc1cccc(OC)c1C(=O)NC(=S)Nc1ccc(NC(=O)c2ccco2)c(Cl)c1. The molecular formula is C21H18ClN3O5S. The molecule has 10 heteroatoms. The Morgan fingerprint density at radius 2 is 1.68 bits per heavy atom. The van der Waals surface area contributed by atoms with Crippen LogP contribution in [-0.4, -0.2) is 31.1 Å². The molecule has 0 atom stereocenters. The van der Waals surface area contributed by atoms with Gasteiger partial charge in [-0.25, -0.2) is 0 Å². The minimum atomic E-state index is -0.500. The molecule has 0 aliphatic heterocycles. The summed E-state index contributed by atoms with van der Waals surface area (Å²) in [4.78, 5) is 24.8. The normalized spacial score (nSPS) is 10.2. The minimum Gasteiger partial charge on any atom is -0.496 e. The molecule has 0 unspecified atom stereocenters. The molecule has 8 nitrogen and oxygen atoms in total. The molecule has 1 aromatic heterocycles. The summed E-state index contributed by atoms with van der Waals surface area (Å²) in [5, 5.41) is 8.41. The summed E-state index contributed by atoms with van der Waals surface area (Å²) in [5.41, 5.74) is 1.12. The summed E-state index contributed by atoms with van der Waals surface area (Å²) < 4.78 is 15.5. The van der Waals surface area contributed by atoms with Crippen LogP contribution in [0, 0.1) is 0 Å². The van der Waals surface area contributed by atoms with Crippen molar-refractivity contribution in [1.82, 2.24) is 5.32 Å². The lowest BCUT2D eigenvalue weighted by molar-refractivity contribution is 0.0969. The number of rotatable bonds is 6. The van der Waals surface area contributed by atoms with Gasteiger partial charge in [-0.15, -0.1) is 0 Å². The molecule has 0 aliphatic rings. The number of hydrogen-bond donors (Lipinski definition) is 3. The van der Waals surface area contributed by atoms with Crippen LogP contribution in [0.2, 0.25) is 5.02 Å². The lowest BCUT2D eigenvalue weighted by Crippen LogP contribution is -2.34. The highest BCUT2D eigenvalue weighted by Gasteiger charge is 2.19. The van der Waals surface area contributed by atoms with E-state index in [0.29, 0.717) is 22.9 Å². The molecule has 1 heterocycles. The Bertz CT molecular complexity index is 1100. The van der Waals surface area contributed by atoms with Crippen molar-refractivity contribution in [3.63, 3.8) is 0 Å². The van der Waals surface area contributed by atoms with E-state index in [2.05, 4.69) is 16.0 Å². The van der Waals surface area contributed by atoms with E-state index in [4.69, 9.17) is 37.7 Å². The van der Waals surface area contributed by atoms with Gasteiger partial charge in [-0.2, -0.15) is 0 Å². The molecule has 3 aromatic rings. The summed E-state index contributed by atoms with van der Waals surface area (Å²) in [6, 6.07) is 12.9. The molecule has 160 valence electrons. The molecule has 3 rings (SSSR count). The first-order valence-electron chi connectivity index (χ1n) is 8.90. The highest BCUT2D eigenvalue weighted by Crippen LogP contribution is 2.28. The van der Waals surface area contributed by atoms with Crippen molar-refractivity contribution in [2.75, 3.05) is 24.9 Å². The average Bonchev–Trinajstić information content (AvgIpc) is 3.30. The Labute approximate surface area is 188 Å². The van der Waals surface area contributed by atoms with E-state index in [1.165, 1.54) is 26.5 Å². The van der Waals surface area contributed by atoms with Gasteiger partial charge < -0.3 is 24.5 Å². The van der Waals surface area contributed by atoms with Crippen molar-refractivity contribution >= 4 is 52.1 Å². The van der Waals surface area contributed by atoms with E-state index >= 15 is 0 Å². The number of nitrogens with one attached hydrogen (secondary N) is 3. The first-order valence-corrected chi connectivity index (χ1v) is 9.69. The number of benzene rings is 2. The Morgan fingerprint density at radius 1 is 0.968 bits per heavy atom. The Kier molecular flexibility index (Phi) is 7.11. The van der Waals surface area contributed by atoms with Crippen LogP contribution in [0.25, 0.3) is 0 Å². The van der Waals surface area contributed by atoms with Gasteiger partial charge in [-0.3, -0.25) is 14.9 Å². The van der Waals surface area contributed by atoms with E-state index in [0.717, 1.165) is 0 Å². The van der Waals surface area contributed by atoms with Crippen LogP contribution >= 0.6 is 23.8 Å². The van der Waals surface area contributed by atoms with Crippen LogP contribution in [0.5, 0.6) is 11.5 Å². The third-order valence-electron chi connectivity index (χ3n) is 4.10. The molecular weight excluding hydrogens is 442 g/mol. The van der Waals surface area contributed by atoms with E-state index in [-0.39, 0.29) is 21.5 Å². The second-order valence-electron chi connectivity index (χ2n) is 6.07. The summed E-state index contributed by atoms with van der Waals surface area (Å²) >= 11 is 11.5. The molecule has 2 aromatic carbocycles. The van der Waals surface area contributed by atoms with Crippen molar-refractivity contribution in [3.8, 4) is 11.5 Å². The maximum absolute atomic E-state index is 12.7. The van der Waals surface area contributed by atoms with Crippen LogP contribution in [0.3, 0.4) is 0 Å². The highest BCUT2D eigenvalue weighted by molar-refractivity contribution is 7.80. The van der Waals surface area contributed by atoms with Gasteiger partial charge in [0.1, 0.15) is 17.1 Å². The van der Waals surface area contributed by atoms with Crippen LogP contribution in [0.15, 0.2) is 59.2 Å². The van der Waals surface area contributed by atoms with Gasteiger partial charge in [-0.1, -0.05) is 17.7 Å². The second-order valence-corrected chi connectivity index (χ2v) is 6.89. The molecule has 0 bridgehead atoms. The maximum atomic E-state index is 12.7. The van der Waals surface area contributed by atoms with E-state index in [1.54, 1.807) is 42.5 Å². The fraction of sp³-hybridized carbons (Fsp3) is 0.0952. The lowest BCUT2D eigenvalue weighted by atomic mass is 10.1. The Morgan fingerprint density at radius 3 is 2.26 bits per heavy atom. The molecule has 3 N–H and O–H groups in total. The number of methoxy groups -OCH3 is 2. The predicted octanol–water partition coefficient (Wildman–Crippen LogP) is 4.33. The zero-order valence-corrected chi connectivity index (χ0v) is 18.1. The first kappa shape index (κ1) is 22.1. The van der Waals surface area contributed by atoms with Crippen LogP contribution in [0.1, 0.15) is 20.9 Å². The zero-order chi connectivity index (χ0) is 22.4. The number of hydrogen-bond acceptors (Lipinski definition) is 6. The average molecular weight is 460 g/mol. The fourth-order valence-corrected chi connectivity index (χ4v) is 3.13. The standard InChI is InChI=1S/C21H18ClN3O5S/c1-28-15-5-3-6-16(29-2)18(15)20(27)25-21(31)23-12-8-9-14(13(22)11-12)24-19(26)17-7-4-10-30-17/h3-11H,1-2H3,(H,24,26)(H2,23,25,27,31). The number of amides is 2.